The summed E-state index contributed by atoms with van der Waals surface area (Å²) in [4.78, 5) is 36.5. The van der Waals surface area contributed by atoms with E-state index in [0.29, 0.717) is 16.8 Å². The molecule has 1 unspecified atom stereocenters. The molecule has 0 aliphatic carbocycles. The maximum absolute atomic E-state index is 12.6. The van der Waals surface area contributed by atoms with Gasteiger partial charge in [-0.3, -0.25) is 14.4 Å². The van der Waals surface area contributed by atoms with Crippen LogP contribution in [0.1, 0.15) is 42.8 Å². The first-order chi connectivity index (χ1) is 15.1. The van der Waals surface area contributed by atoms with E-state index in [1.54, 1.807) is 12.1 Å². The summed E-state index contributed by atoms with van der Waals surface area (Å²) >= 11 is 0. The number of hydrogen-bond donors (Lipinski definition) is 3. The highest BCUT2D eigenvalue weighted by atomic mass is 16.4. The Labute approximate surface area is 188 Å². The molecule has 8 heteroatoms. The van der Waals surface area contributed by atoms with Crippen LogP contribution >= 0.6 is 0 Å². The minimum absolute atomic E-state index is 0.0654. The number of likely N-dealkylation sites (tertiary alicyclic amines) is 1. The normalized spacial score (nSPS) is 21.3. The molecule has 1 aromatic heterocycles. The third-order valence-corrected chi connectivity index (χ3v) is 6.29. The number of hydrogen-bond acceptors (Lipinski definition) is 4. The molecule has 8 nitrogen and oxygen atoms in total. The lowest BCUT2D eigenvalue weighted by atomic mass is 10.0. The summed E-state index contributed by atoms with van der Waals surface area (Å²) in [6.07, 6.45) is 1.80. The number of primary amides is 1. The topological polar surface area (TPSA) is 114 Å². The zero-order chi connectivity index (χ0) is 23.5. The Kier molecular flexibility index (Phi) is 7.03. The number of nitrogens with one attached hydrogen (secondary N) is 2. The quantitative estimate of drug-likeness (QED) is 0.544. The fraction of sp³-hybridized carbons (Fsp3) is 0.458. The molecule has 3 rings (SSSR count). The van der Waals surface area contributed by atoms with Gasteiger partial charge in [0.25, 0.3) is 11.8 Å². The molecule has 1 saturated heterocycles. The maximum Gasteiger partial charge on any atom is 0.287 e. The van der Waals surface area contributed by atoms with Crippen molar-refractivity contribution in [2.45, 2.75) is 45.3 Å². The summed E-state index contributed by atoms with van der Waals surface area (Å²) in [5.41, 5.74) is 7.54. The van der Waals surface area contributed by atoms with Crippen LogP contribution in [0.5, 0.6) is 0 Å². The smallest absolute Gasteiger partial charge is 0.287 e. The summed E-state index contributed by atoms with van der Waals surface area (Å²) < 4.78 is 6.41. The Morgan fingerprint density at radius 3 is 2.62 bits per heavy atom. The molecule has 4 N–H and O–H groups in total. The number of amides is 3. The second-order valence-corrected chi connectivity index (χ2v) is 9.10. The van der Waals surface area contributed by atoms with E-state index >= 15 is 0 Å². The number of rotatable bonds is 8. The third-order valence-electron chi connectivity index (χ3n) is 6.29. The van der Waals surface area contributed by atoms with E-state index in [-0.39, 0.29) is 29.5 Å². The first-order valence-corrected chi connectivity index (χ1v) is 11.0. The highest BCUT2D eigenvalue weighted by Crippen LogP contribution is 2.29. The number of quaternary nitrogens is 1. The fourth-order valence-corrected chi connectivity index (χ4v) is 4.51. The first-order valence-electron chi connectivity index (χ1n) is 11.0. The molecule has 1 aromatic carbocycles. The lowest BCUT2D eigenvalue weighted by molar-refractivity contribution is -0.925. The van der Waals surface area contributed by atoms with E-state index < -0.39 is 11.9 Å². The molecular formula is C24H33N4O4+. The van der Waals surface area contributed by atoms with Crippen molar-refractivity contribution in [3.8, 4) is 11.3 Å². The van der Waals surface area contributed by atoms with Crippen LogP contribution in [0.15, 0.2) is 40.8 Å². The molecule has 0 spiro atoms. The van der Waals surface area contributed by atoms with Crippen LogP contribution in [-0.4, -0.2) is 54.9 Å². The van der Waals surface area contributed by atoms with Crippen molar-refractivity contribution in [2.24, 2.45) is 11.7 Å². The Hall–Kier alpha value is -3.13. The summed E-state index contributed by atoms with van der Waals surface area (Å²) in [6, 6.07) is 10.4. The van der Waals surface area contributed by atoms with Gasteiger partial charge in [0.05, 0.1) is 13.6 Å². The number of carbonyl (C=O) groups is 3. The van der Waals surface area contributed by atoms with Crippen LogP contribution in [0.2, 0.25) is 0 Å². The zero-order valence-corrected chi connectivity index (χ0v) is 19.2. The average Bonchev–Trinajstić information content (AvgIpc) is 3.38. The van der Waals surface area contributed by atoms with Crippen molar-refractivity contribution in [3.05, 3.63) is 47.7 Å². The standard InChI is InChI=1S/C24H32N4O4/c1-15(2)21(24(31)26-3)27-23(30)20-11-10-19(32-20)17-8-5-7-16(13-17)14-28(4)12-6-9-18(28)22(25)29/h5,7-8,10-11,13,15,18,21H,6,9,12,14H2,1-4H3,(H3-,25,26,27,29,30,31)/p+1/t18-,21-,28?/m0/s1. The molecule has 3 amide bonds. The molecule has 0 bridgehead atoms. The number of nitrogens with zero attached hydrogens (tertiary/aromatic N) is 1. The SMILES string of the molecule is CNC(=O)[C@@H](NC(=O)c1ccc(-c2cccc(C[N+]3(C)CCC[C@H]3C(N)=O)c2)o1)C(C)C. The molecule has 32 heavy (non-hydrogen) atoms. The molecule has 1 aliphatic heterocycles. The van der Waals surface area contributed by atoms with Crippen LogP contribution in [0.4, 0.5) is 0 Å². The molecular weight excluding hydrogens is 408 g/mol. The van der Waals surface area contributed by atoms with Crippen molar-refractivity contribution in [1.29, 1.82) is 0 Å². The van der Waals surface area contributed by atoms with Crippen molar-refractivity contribution < 1.29 is 23.3 Å². The molecule has 2 aromatic rings. The summed E-state index contributed by atoms with van der Waals surface area (Å²) in [6.45, 7) is 5.33. The van der Waals surface area contributed by atoms with E-state index in [1.807, 2.05) is 38.1 Å². The van der Waals surface area contributed by atoms with E-state index in [9.17, 15) is 14.4 Å². The van der Waals surface area contributed by atoms with Gasteiger partial charge >= 0.3 is 0 Å². The van der Waals surface area contributed by atoms with E-state index in [1.165, 1.54) is 7.05 Å². The maximum atomic E-state index is 12.6. The Morgan fingerprint density at radius 1 is 1.22 bits per heavy atom. The third kappa shape index (κ3) is 5.02. The highest BCUT2D eigenvalue weighted by molar-refractivity contribution is 5.96. The summed E-state index contributed by atoms with van der Waals surface area (Å²) in [5, 5.41) is 5.31. The van der Waals surface area contributed by atoms with Gasteiger partial charge in [0.2, 0.25) is 5.91 Å². The van der Waals surface area contributed by atoms with E-state index in [0.717, 1.165) is 30.5 Å². The van der Waals surface area contributed by atoms with Crippen LogP contribution in [0.25, 0.3) is 11.3 Å². The summed E-state index contributed by atoms with van der Waals surface area (Å²) in [5.74, 6) is -0.292. The minimum atomic E-state index is -0.646. The number of furan rings is 1. The predicted molar refractivity (Wildman–Crippen MR) is 121 cm³/mol. The van der Waals surface area contributed by atoms with Crippen molar-refractivity contribution in [3.63, 3.8) is 0 Å². The molecule has 1 aliphatic rings. The van der Waals surface area contributed by atoms with Gasteiger partial charge in [-0.15, -0.1) is 0 Å². The van der Waals surface area contributed by atoms with E-state index in [2.05, 4.69) is 17.7 Å². The lowest BCUT2D eigenvalue weighted by Gasteiger charge is -2.34. The molecule has 172 valence electrons. The van der Waals surface area contributed by atoms with Crippen LogP contribution in [0.3, 0.4) is 0 Å². The molecule has 0 saturated carbocycles. The van der Waals surface area contributed by atoms with Crippen LogP contribution < -0.4 is 16.4 Å². The van der Waals surface area contributed by atoms with Gasteiger partial charge in [-0.2, -0.15) is 0 Å². The zero-order valence-electron chi connectivity index (χ0n) is 19.2. The van der Waals surface area contributed by atoms with Gasteiger partial charge in [0.15, 0.2) is 11.8 Å². The van der Waals surface area contributed by atoms with Gasteiger partial charge < -0.3 is 25.3 Å². The minimum Gasteiger partial charge on any atom is -0.451 e. The van der Waals surface area contributed by atoms with Gasteiger partial charge in [0, 0.05) is 31.0 Å². The van der Waals surface area contributed by atoms with Crippen molar-refractivity contribution in [1.82, 2.24) is 10.6 Å². The van der Waals surface area contributed by atoms with Gasteiger partial charge in [0.1, 0.15) is 18.3 Å². The van der Waals surface area contributed by atoms with Crippen LogP contribution in [0, 0.1) is 5.92 Å². The summed E-state index contributed by atoms with van der Waals surface area (Å²) in [7, 11) is 3.61. The second kappa shape index (κ2) is 9.56. The first kappa shape index (κ1) is 23.5. The average molecular weight is 442 g/mol. The number of benzene rings is 1. The number of carbonyl (C=O) groups excluding carboxylic acids is 3. The monoisotopic (exact) mass is 441 g/mol. The van der Waals surface area contributed by atoms with E-state index in [4.69, 9.17) is 10.2 Å². The van der Waals surface area contributed by atoms with Crippen molar-refractivity contribution in [2.75, 3.05) is 20.6 Å². The molecule has 3 atom stereocenters. The molecule has 1 fully saturated rings. The number of nitrogens with two attached hydrogens (primary N) is 1. The Bertz CT molecular complexity index is 999. The van der Waals surface area contributed by atoms with Gasteiger partial charge in [-0.25, -0.2) is 0 Å². The lowest BCUT2D eigenvalue weighted by Crippen LogP contribution is -2.53. The fourth-order valence-electron chi connectivity index (χ4n) is 4.51. The van der Waals surface area contributed by atoms with Crippen LogP contribution in [-0.2, 0) is 16.1 Å². The van der Waals surface area contributed by atoms with Crippen molar-refractivity contribution >= 4 is 17.7 Å². The highest BCUT2D eigenvalue weighted by Gasteiger charge is 2.41. The Balaban J connectivity index is 1.76. The second-order valence-electron chi connectivity index (χ2n) is 9.10. The number of likely N-dealkylation sites (N-methyl/N-ethyl adjacent to an activating group) is 2. The van der Waals surface area contributed by atoms with Gasteiger partial charge in [-0.1, -0.05) is 32.0 Å². The molecule has 2 heterocycles. The predicted octanol–water partition coefficient (Wildman–Crippen LogP) is 2.04. The largest absolute Gasteiger partial charge is 0.451 e. The Morgan fingerprint density at radius 2 is 1.97 bits per heavy atom. The molecule has 0 radical (unpaired) electrons. The van der Waals surface area contributed by atoms with Gasteiger partial charge in [-0.05, 0) is 24.1 Å².